The number of amides is 1. The monoisotopic (exact) mass is 435 g/mol. The molecule has 0 spiro atoms. The molecule has 1 N–H and O–H groups in total. The van der Waals surface area contributed by atoms with E-state index in [0.29, 0.717) is 0 Å². The molecule has 30 heavy (non-hydrogen) atoms. The Hall–Kier alpha value is -3.02. The molecular formula is C19H21N3O7S. The van der Waals surface area contributed by atoms with Crippen LogP contribution in [0.3, 0.4) is 0 Å². The molecule has 2 aromatic rings. The topological polar surface area (TPSA) is 130 Å². The lowest BCUT2D eigenvalue weighted by molar-refractivity contribution is -0.387. The van der Waals surface area contributed by atoms with Gasteiger partial charge < -0.3 is 14.7 Å². The minimum atomic E-state index is -4.25. The molecule has 2 aromatic carbocycles. The van der Waals surface area contributed by atoms with Crippen molar-refractivity contribution in [1.29, 1.82) is 0 Å². The summed E-state index contributed by atoms with van der Waals surface area (Å²) in [6.07, 6.45) is -1.85. The number of aliphatic hydroxyl groups is 1. The first-order valence-electron chi connectivity index (χ1n) is 9.16. The number of ether oxygens (including phenoxy) is 1. The lowest BCUT2D eigenvalue weighted by Crippen LogP contribution is -2.38. The van der Waals surface area contributed by atoms with Gasteiger partial charge in [0.1, 0.15) is 6.61 Å². The third kappa shape index (κ3) is 4.93. The van der Waals surface area contributed by atoms with Crippen LogP contribution < -0.4 is 0 Å². The average molecular weight is 435 g/mol. The highest BCUT2D eigenvalue weighted by molar-refractivity contribution is 7.89. The number of nitro benzene ring substituents is 1. The van der Waals surface area contributed by atoms with Crippen LogP contribution in [-0.4, -0.2) is 66.0 Å². The Kier molecular flexibility index (Phi) is 6.65. The maximum Gasteiger partial charge on any atom is 0.410 e. The van der Waals surface area contributed by atoms with E-state index in [0.717, 1.165) is 22.0 Å². The number of aliphatic hydroxyl groups excluding tert-OH is 1. The first kappa shape index (κ1) is 21.7. The highest BCUT2D eigenvalue weighted by Gasteiger charge is 2.35. The Balaban J connectivity index is 1.72. The number of para-hydroxylation sites is 1. The fraction of sp³-hybridized carbons (Fsp3) is 0.316. The van der Waals surface area contributed by atoms with Crippen molar-refractivity contribution < 1.29 is 28.0 Å². The molecule has 0 bridgehead atoms. The SMILES string of the molecule is O=C(OCc1ccccc1)N1CCN(S(=O)(=O)c2ccccc2[N+](=O)[O-])C[C@H](O)C1. The van der Waals surface area contributed by atoms with Gasteiger partial charge in [0.15, 0.2) is 4.90 Å². The van der Waals surface area contributed by atoms with E-state index in [2.05, 4.69) is 0 Å². The number of carbonyl (C=O) groups excluding carboxylic acids is 1. The number of rotatable bonds is 5. The van der Waals surface area contributed by atoms with Crippen molar-refractivity contribution in [1.82, 2.24) is 9.21 Å². The summed E-state index contributed by atoms with van der Waals surface area (Å²) in [6.45, 7) is -0.520. The Morgan fingerprint density at radius 3 is 2.47 bits per heavy atom. The summed E-state index contributed by atoms with van der Waals surface area (Å²) in [7, 11) is -4.25. The molecule has 1 aliphatic rings. The number of benzene rings is 2. The zero-order valence-electron chi connectivity index (χ0n) is 16.0. The molecule has 1 amide bonds. The number of nitro groups is 1. The minimum Gasteiger partial charge on any atom is -0.445 e. The Morgan fingerprint density at radius 2 is 1.77 bits per heavy atom. The lowest BCUT2D eigenvalue weighted by Gasteiger charge is -2.21. The van der Waals surface area contributed by atoms with Gasteiger partial charge in [-0.25, -0.2) is 13.2 Å². The summed E-state index contributed by atoms with van der Waals surface area (Å²) in [5.41, 5.74) is 0.247. The van der Waals surface area contributed by atoms with Crippen molar-refractivity contribution in [2.45, 2.75) is 17.6 Å². The lowest BCUT2D eigenvalue weighted by atomic mass is 10.2. The molecule has 1 heterocycles. The van der Waals surface area contributed by atoms with Crippen molar-refractivity contribution in [2.75, 3.05) is 26.2 Å². The molecule has 0 unspecified atom stereocenters. The summed E-state index contributed by atoms with van der Waals surface area (Å²) in [4.78, 5) is 23.6. The number of nitrogens with zero attached hydrogens (tertiary/aromatic N) is 3. The highest BCUT2D eigenvalue weighted by Crippen LogP contribution is 2.27. The molecule has 0 aliphatic carbocycles. The van der Waals surface area contributed by atoms with Crippen molar-refractivity contribution >= 4 is 21.8 Å². The van der Waals surface area contributed by atoms with Crippen LogP contribution in [0.5, 0.6) is 0 Å². The maximum atomic E-state index is 13.0. The van der Waals surface area contributed by atoms with E-state index in [4.69, 9.17) is 4.74 Å². The van der Waals surface area contributed by atoms with Crippen LogP contribution in [0.2, 0.25) is 0 Å². The first-order chi connectivity index (χ1) is 14.3. The summed E-state index contributed by atoms with van der Waals surface area (Å²) < 4.78 is 32.1. The van der Waals surface area contributed by atoms with Gasteiger partial charge in [0, 0.05) is 25.7 Å². The van der Waals surface area contributed by atoms with Gasteiger partial charge in [0.25, 0.3) is 5.69 Å². The van der Waals surface area contributed by atoms with Crippen LogP contribution in [0.15, 0.2) is 59.5 Å². The molecule has 10 nitrogen and oxygen atoms in total. The molecule has 1 fully saturated rings. The van der Waals surface area contributed by atoms with Crippen LogP contribution in [0.4, 0.5) is 10.5 Å². The predicted octanol–water partition coefficient (Wildman–Crippen LogP) is 1.60. The van der Waals surface area contributed by atoms with Gasteiger partial charge in [-0.05, 0) is 11.6 Å². The van der Waals surface area contributed by atoms with Crippen LogP contribution in [-0.2, 0) is 21.4 Å². The van der Waals surface area contributed by atoms with Crippen molar-refractivity contribution in [3.63, 3.8) is 0 Å². The van der Waals surface area contributed by atoms with Crippen LogP contribution in [0, 0.1) is 10.1 Å². The summed E-state index contributed by atoms with van der Waals surface area (Å²) in [6, 6.07) is 14.1. The predicted molar refractivity (Wildman–Crippen MR) is 106 cm³/mol. The number of sulfonamides is 1. The van der Waals surface area contributed by atoms with E-state index in [1.807, 2.05) is 18.2 Å². The second kappa shape index (κ2) is 9.20. The van der Waals surface area contributed by atoms with Gasteiger partial charge in [-0.1, -0.05) is 42.5 Å². The second-order valence-electron chi connectivity index (χ2n) is 6.73. The second-order valence-corrected chi connectivity index (χ2v) is 8.63. The normalized spacial score (nSPS) is 17.9. The first-order valence-corrected chi connectivity index (χ1v) is 10.6. The van der Waals surface area contributed by atoms with Gasteiger partial charge >= 0.3 is 6.09 Å². The molecule has 0 saturated carbocycles. The van der Waals surface area contributed by atoms with E-state index in [1.54, 1.807) is 12.1 Å². The fourth-order valence-electron chi connectivity index (χ4n) is 3.12. The van der Waals surface area contributed by atoms with Crippen LogP contribution in [0.25, 0.3) is 0 Å². The van der Waals surface area contributed by atoms with E-state index < -0.39 is 37.7 Å². The van der Waals surface area contributed by atoms with E-state index in [1.165, 1.54) is 17.0 Å². The summed E-state index contributed by atoms with van der Waals surface area (Å²) in [5, 5.41) is 21.5. The van der Waals surface area contributed by atoms with Gasteiger partial charge in [-0.3, -0.25) is 10.1 Å². The summed E-state index contributed by atoms with van der Waals surface area (Å²) in [5.74, 6) is 0. The molecule has 11 heteroatoms. The third-order valence-corrected chi connectivity index (χ3v) is 6.52. The largest absolute Gasteiger partial charge is 0.445 e. The molecule has 3 rings (SSSR count). The van der Waals surface area contributed by atoms with Gasteiger partial charge in [-0.15, -0.1) is 0 Å². The van der Waals surface area contributed by atoms with Gasteiger partial charge in [-0.2, -0.15) is 4.31 Å². The fourth-order valence-corrected chi connectivity index (χ4v) is 4.75. The van der Waals surface area contributed by atoms with E-state index in [9.17, 15) is 28.4 Å². The molecule has 0 radical (unpaired) electrons. The number of carbonyl (C=O) groups is 1. The average Bonchev–Trinajstić information content (AvgIpc) is 2.95. The quantitative estimate of drug-likeness (QED) is 0.557. The molecule has 1 aliphatic heterocycles. The van der Waals surface area contributed by atoms with Crippen molar-refractivity contribution in [3.05, 3.63) is 70.3 Å². The van der Waals surface area contributed by atoms with E-state index in [-0.39, 0.29) is 32.8 Å². The third-order valence-electron chi connectivity index (χ3n) is 4.61. The number of hydrogen-bond acceptors (Lipinski definition) is 7. The Bertz CT molecular complexity index is 1010. The molecule has 1 atom stereocenters. The molecular weight excluding hydrogens is 414 g/mol. The highest BCUT2D eigenvalue weighted by atomic mass is 32.2. The zero-order chi connectivity index (χ0) is 21.7. The molecule has 0 aromatic heterocycles. The van der Waals surface area contributed by atoms with Crippen LogP contribution >= 0.6 is 0 Å². The van der Waals surface area contributed by atoms with E-state index >= 15 is 0 Å². The van der Waals surface area contributed by atoms with Crippen molar-refractivity contribution in [2.24, 2.45) is 0 Å². The van der Waals surface area contributed by atoms with Crippen molar-refractivity contribution in [3.8, 4) is 0 Å². The maximum absolute atomic E-state index is 13.0. The number of hydrogen-bond donors (Lipinski definition) is 1. The van der Waals surface area contributed by atoms with Gasteiger partial charge in [0.05, 0.1) is 17.6 Å². The Labute approximate surface area is 173 Å². The smallest absolute Gasteiger partial charge is 0.410 e. The Morgan fingerprint density at radius 1 is 1.10 bits per heavy atom. The molecule has 1 saturated heterocycles. The number of β-amino-alcohol motifs (C(OH)–C–C–N with tert-alkyl or cyclic N) is 1. The minimum absolute atomic E-state index is 0.0233. The standard InChI is InChI=1S/C19H21N3O7S/c23-16-12-20(19(24)29-14-15-6-2-1-3-7-15)10-11-21(13-16)30(27,28)18-9-5-4-8-17(18)22(25)26/h1-9,16,23H,10-14H2/t16-/m1/s1. The summed E-state index contributed by atoms with van der Waals surface area (Å²) >= 11 is 0. The zero-order valence-corrected chi connectivity index (χ0v) is 16.8. The molecule has 160 valence electrons. The van der Waals surface area contributed by atoms with Crippen LogP contribution in [0.1, 0.15) is 5.56 Å². The van der Waals surface area contributed by atoms with Gasteiger partial charge in [0.2, 0.25) is 10.0 Å².